The van der Waals surface area contributed by atoms with E-state index in [1.54, 1.807) is 13.8 Å². The smallest absolute Gasteiger partial charge is 0.428 e. The largest absolute Gasteiger partial charge is 0.430 e. The maximum atomic E-state index is 13.6. The molecule has 0 aromatic rings. The highest BCUT2D eigenvalue weighted by Gasteiger charge is 2.65. The van der Waals surface area contributed by atoms with Gasteiger partial charge in [0.1, 0.15) is 0 Å². The third kappa shape index (κ3) is 4.36. The summed E-state index contributed by atoms with van der Waals surface area (Å²) in [6.45, 7) is 7.30. The van der Waals surface area contributed by atoms with Crippen molar-refractivity contribution < 1.29 is 46.6 Å². The molecule has 0 spiro atoms. The lowest BCUT2D eigenvalue weighted by atomic mass is 9.59. The van der Waals surface area contributed by atoms with Crippen molar-refractivity contribution in [2.24, 2.45) is 29.6 Å². The van der Waals surface area contributed by atoms with Crippen LogP contribution in [0.15, 0.2) is 0 Å². The van der Waals surface area contributed by atoms with Crippen molar-refractivity contribution in [1.29, 1.82) is 0 Å². The number of carbonyl (C=O) groups is 1. The van der Waals surface area contributed by atoms with Crippen LogP contribution >= 0.6 is 0 Å². The van der Waals surface area contributed by atoms with Gasteiger partial charge in [-0.05, 0) is 62.2 Å². The number of esters is 1. The molecule has 2 saturated carbocycles. The van der Waals surface area contributed by atoms with Crippen LogP contribution in [0.1, 0.15) is 66.2 Å². The Kier molecular flexibility index (Phi) is 7.50. The van der Waals surface area contributed by atoms with E-state index in [9.17, 15) is 37.3 Å². The summed E-state index contributed by atoms with van der Waals surface area (Å²) in [5.41, 5.74) is -2.26. The zero-order chi connectivity index (χ0) is 24.0. The molecule has 2 rings (SSSR count). The number of aliphatic hydroxyl groups is 3. The summed E-state index contributed by atoms with van der Waals surface area (Å²) < 4.78 is 61.8. The summed E-state index contributed by atoms with van der Waals surface area (Å²) in [4.78, 5) is 12.6. The van der Waals surface area contributed by atoms with Gasteiger partial charge in [0.15, 0.2) is 0 Å². The van der Waals surface area contributed by atoms with Gasteiger partial charge in [0.25, 0.3) is 6.29 Å². The van der Waals surface area contributed by atoms with Gasteiger partial charge in [-0.3, -0.25) is 9.35 Å². The molecule has 0 aromatic carbocycles. The molecule has 0 heterocycles. The maximum absolute atomic E-state index is 13.6. The summed E-state index contributed by atoms with van der Waals surface area (Å²) in [5, 5.41) is 27.0. The molecule has 4 N–H and O–H groups in total. The first-order valence-corrected chi connectivity index (χ1v) is 12.3. The quantitative estimate of drug-likeness (QED) is 0.216. The van der Waals surface area contributed by atoms with E-state index in [2.05, 4.69) is 4.74 Å². The van der Waals surface area contributed by atoms with Crippen LogP contribution in [-0.2, 0) is 19.6 Å². The van der Waals surface area contributed by atoms with Crippen LogP contribution < -0.4 is 0 Å². The molecule has 0 saturated heterocycles. The average molecular weight is 473 g/mol. The van der Waals surface area contributed by atoms with E-state index in [4.69, 9.17) is 4.55 Å². The highest BCUT2D eigenvalue weighted by molar-refractivity contribution is 7.86. The van der Waals surface area contributed by atoms with Gasteiger partial charge in [0.05, 0.1) is 17.1 Å². The van der Waals surface area contributed by atoms with Crippen LogP contribution in [0.5, 0.6) is 0 Å². The van der Waals surface area contributed by atoms with Crippen molar-refractivity contribution in [3.05, 3.63) is 0 Å². The van der Waals surface area contributed by atoms with Gasteiger partial charge in [-0.2, -0.15) is 17.2 Å². The second-order valence-corrected chi connectivity index (χ2v) is 10.5. The van der Waals surface area contributed by atoms with E-state index < -0.39 is 56.6 Å². The number of halogens is 2. The molecule has 0 aromatic heterocycles. The molecule has 0 amide bonds. The molecule has 182 valence electrons. The minimum Gasteiger partial charge on any atom is -0.428 e. The SMILES string of the molecule is CCC(O)(CC)C1C2CC(C(=O)OC(O)C(F)(F)S(=O)(=O)O)C(C2)C1C(O)(CC)CC. The minimum atomic E-state index is -5.99. The predicted octanol–water partition coefficient (Wildman–Crippen LogP) is 2.32. The molecule has 6 unspecified atom stereocenters. The van der Waals surface area contributed by atoms with E-state index >= 15 is 0 Å². The Morgan fingerprint density at radius 1 is 1.00 bits per heavy atom. The van der Waals surface area contributed by atoms with Crippen molar-refractivity contribution in [2.45, 2.75) is 89.0 Å². The van der Waals surface area contributed by atoms with Gasteiger partial charge in [0.2, 0.25) is 0 Å². The topological polar surface area (TPSA) is 141 Å². The fourth-order valence-electron chi connectivity index (χ4n) is 5.97. The molecular weight excluding hydrogens is 438 g/mol. The van der Waals surface area contributed by atoms with Crippen molar-refractivity contribution in [3.8, 4) is 0 Å². The molecule has 0 aliphatic heterocycles. The Hall–Kier alpha value is -0.880. The van der Waals surface area contributed by atoms with E-state index in [1.807, 2.05) is 13.8 Å². The predicted molar refractivity (Wildman–Crippen MR) is 106 cm³/mol. The zero-order valence-electron chi connectivity index (χ0n) is 18.3. The summed E-state index contributed by atoms with van der Waals surface area (Å²) in [7, 11) is -5.99. The van der Waals surface area contributed by atoms with Crippen molar-refractivity contribution in [2.75, 3.05) is 0 Å². The van der Waals surface area contributed by atoms with Crippen LogP contribution in [0.4, 0.5) is 8.78 Å². The lowest BCUT2D eigenvalue weighted by Gasteiger charge is -2.50. The Morgan fingerprint density at radius 3 is 1.87 bits per heavy atom. The van der Waals surface area contributed by atoms with E-state index in [1.165, 1.54) is 0 Å². The summed E-state index contributed by atoms with van der Waals surface area (Å²) in [6.07, 6.45) is -1.05. The first-order valence-electron chi connectivity index (χ1n) is 10.8. The number of rotatable bonds is 10. The van der Waals surface area contributed by atoms with Gasteiger partial charge < -0.3 is 20.1 Å². The number of hydrogen-bond acceptors (Lipinski definition) is 7. The lowest BCUT2D eigenvalue weighted by molar-refractivity contribution is -0.214. The number of fused-ring (bicyclic) bond motifs is 2. The first kappa shape index (κ1) is 26.4. The number of carbonyl (C=O) groups excluding carboxylic acids is 1. The average Bonchev–Trinajstić information content (AvgIpc) is 3.31. The van der Waals surface area contributed by atoms with E-state index in [-0.39, 0.29) is 18.3 Å². The van der Waals surface area contributed by atoms with Gasteiger partial charge >= 0.3 is 21.3 Å². The van der Waals surface area contributed by atoms with Gasteiger partial charge in [-0.1, -0.05) is 27.7 Å². The minimum absolute atomic E-state index is 0.165. The molecule has 8 nitrogen and oxygen atoms in total. The standard InChI is InChI=1S/C20H34F2O8S/c1-5-18(25,6-2)14-11-9-12(15(14)19(26,7-3)8-4)13(10-11)16(23)30-17(24)20(21,22)31(27,28)29/h11-15,17,24-26H,5-10H2,1-4H3,(H,27,28,29). The normalized spacial score (nSPS) is 30.5. The summed E-state index contributed by atoms with van der Waals surface area (Å²) in [5.74, 6) is -3.60. The number of alkyl halides is 2. The molecule has 31 heavy (non-hydrogen) atoms. The van der Waals surface area contributed by atoms with Gasteiger partial charge in [-0.15, -0.1) is 0 Å². The monoisotopic (exact) mass is 472 g/mol. The molecule has 2 fully saturated rings. The van der Waals surface area contributed by atoms with Crippen LogP contribution in [-0.4, -0.2) is 57.0 Å². The van der Waals surface area contributed by atoms with Crippen LogP contribution in [0, 0.1) is 29.6 Å². The third-order valence-electron chi connectivity index (χ3n) is 7.86. The third-order valence-corrected chi connectivity index (χ3v) is 8.75. The van der Waals surface area contributed by atoms with Crippen LogP contribution in [0.2, 0.25) is 0 Å². The molecule has 2 bridgehead atoms. The number of hydrogen-bond donors (Lipinski definition) is 4. The van der Waals surface area contributed by atoms with Crippen LogP contribution in [0.3, 0.4) is 0 Å². The van der Waals surface area contributed by atoms with Crippen molar-refractivity contribution >= 4 is 16.1 Å². The Labute approximate surface area is 181 Å². The summed E-state index contributed by atoms with van der Waals surface area (Å²) in [6, 6.07) is 0. The fraction of sp³-hybridized carbons (Fsp3) is 0.950. The van der Waals surface area contributed by atoms with Gasteiger partial charge in [0, 0.05) is 0 Å². The molecule has 2 aliphatic rings. The van der Waals surface area contributed by atoms with E-state index in [0.29, 0.717) is 32.1 Å². The first-order chi connectivity index (χ1) is 14.1. The molecule has 2 aliphatic carbocycles. The van der Waals surface area contributed by atoms with Crippen molar-refractivity contribution in [3.63, 3.8) is 0 Å². The molecule has 6 atom stereocenters. The second-order valence-electron chi connectivity index (χ2n) is 9.00. The highest BCUT2D eigenvalue weighted by Crippen LogP contribution is 2.63. The Balaban J connectivity index is 2.34. The highest BCUT2D eigenvalue weighted by atomic mass is 32.2. The molecular formula is C20H34F2O8S. The summed E-state index contributed by atoms with van der Waals surface area (Å²) >= 11 is 0. The van der Waals surface area contributed by atoms with Crippen molar-refractivity contribution in [1.82, 2.24) is 0 Å². The second kappa shape index (κ2) is 8.81. The molecule has 11 heteroatoms. The van der Waals surface area contributed by atoms with Crippen LogP contribution in [0.25, 0.3) is 0 Å². The number of aliphatic hydroxyl groups excluding tert-OH is 1. The van der Waals surface area contributed by atoms with Gasteiger partial charge in [-0.25, -0.2) is 0 Å². The maximum Gasteiger partial charge on any atom is 0.430 e. The van der Waals surface area contributed by atoms with E-state index in [0.717, 1.165) is 0 Å². The lowest BCUT2D eigenvalue weighted by Crippen LogP contribution is -2.55. The zero-order valence-corrected chi connectivity index (χ0v) is 19.1. The Bertz CT molecular complexity index is 763. The number of ether oxygens (including phenoxy) is 1. The Morgan fingerprint density at radius 2 is 1.45 bits per heavy atom. The molecule has 0 radical (unpaired) electrons. The fourth-order valence-corrected chi connectivity index (χ4v) is 6.28.